The highest BCUT2D eigenvalue weighted by Crippen LogP contribution is 2.16. The summed E-state index contributed by atoms with van der Waals surface area (Å²) in [7, 11) is 0. The van der Waals surface area contributed by atoms with Crippen molar-refractivity contribution in [3.63, 3.8) is 0 Å². The lowest BCUT2D eigenvalue weighted by molar-refractivity contribution is -0.140. The van der Waals surface area contributed by atoms with Crippen LogP contribution in [0.3, 0.4) is 0 Å². The number of carbonyl (C=O) groups excluding carboxylic acids is 2. The molecule has 0 aliphatic rings. The molecule has 0 bridgehead atoms. The Kier molecular flexibility index (Phi) is 10.5. The predicted molar refractivity (Wildman–Crippen MR) is 126 cm³/mol. The van der Waals surface area contributed by atoms with Crippen molar-refractivity contribution < 1.29 is 9.59 Å². The Morgan fingerprint density at radius 1 is 0.967 bits per heavy atom. The molecule has 0 heterocycles. The number of thioether (sulfide) groups is 1. The minimum atomic E-state index is -0.428. The van der Waals surface area contributed by atoms with Crippen LogP contribution in [-0.2, 0) is 21.8 Å². The Balaban J connectivity index is 1.98. The third kappa shape index (κ3) is 8.23. The number of amides is 2. The molecule has 0 spiro atoms. The fourth-order valence-corrected chi connectivity index (χ4v) is 4.24. The molecular weight excluding hydrogens is 392 g/mol. The predicted octanol–water partition coefficient (Wildman–Crippen LogP) is 4.68. The molecule has 0 unspecified atom stereocenters. The number of nitrogens with one attached hydrogen (secondary N) is 1. The van der Waals surface area contributed by atoms with E-state index in [1.807, 2.05) is 57.2 Å². The van der Waals surface area contributed by atoms with Crippen molar-refractivity contribution in [1.82, 2.24) is 10.2 Å². The standard InChI is InChI=1S/C25H34N2O2S/c1-4-23(25(29)26-20(2)3)27(17-15-21-11-7-5-8-12-21)24(28)16-18-30-19-22-13-9-6-10-14-22/h5-14,20,23H,4,15-19H2,1-3H3,(H,26,29)/t23-/m1/s1. The van der Waals surface area contributed by atoms with Gasteiger partial charge in [-0.2, -0.15) is 11.8 Å². The summed E-state index contributed by atoms with van der Waals surface area (Å²) in [4.78, 5) is 27.6. The summed E-state index contributed by atoms with van der Waals surface area (Å²) in [6, 6.07) is 20.0. The number of hydrogen-bond acceptors (Lipinski definition) is 3. The van der Waals surface area contributed by atoms with E-state index in [1.165, 1.54) is 11.1 Å². The van der Waals surface area contributed by atoms with Gasteiger partial charge in [0.15, 0.2) is 0 Å². The maximum atomic E-state index is 13.1. The van der Waals surface area contributed by atoms with Gasteiger partial charge in [0.1, 0.15) is 6.04 Å². The summed E-state index contributed by atoms with van der Waals surface area (Å²) >= 11 is 1.76. The molecule has 0 saturated carbocycles. The quantitative estimate of drug-likeness (QED) is 0.501. The smallest absolute Gasteiger partial charge is 0.242 e. The second kappa shape index (κ2) is 13.1. The molecule has 0 radical (unpaired) electrons. The average Bonchev–Trinajstić information content (AvgIpc) is 2.75. The topological polar surface area (TPSA) is 49.4 Å². The van der Waals surface area contributed by atoms with Crippen molar-refractivity contribution in [2.75, 3.05) is 12.3 Å². The number of nitrogens with zero attached hydrogens (tertiary/aromatic N) is 1. The van der Waals surface area contributed by atoms with Gasteiger partial charge in [0, 0.05) is 30.5 Å². The monoisotopic (exact) mass is 426 g/mol. The molecule has 2 aromatic carbocycles. The number of rotatable bonds is 12. The molecule has 2 aromatic rings. The lowest BCUT2D eigenvalue weighted by atomic mass is 10.1. The first kappa shape index (κ1) is 24.0. The summed E-state index contributed by atoms with van der Waals surface area (Å²) in [6.45, 7) is 6.41. The van der Waals surface area contributed by atoms with Crippen LogP contribution in [0.4, 0.5) is 0 Å². The maximum absolute atomic E-state index is 13.1. The Morgan fingerprint density at radius 2 is 1.57 bits per heavy atom. The highest BCUT2D eigenvalue weighted by atomic mass is 32.2. The highest BCUT2D eigenvalue weighted by molar-refractivity contribution is 7.98. The average molecular weight is 427 g/mol. The zero-order valence-corrected chi connectivity index (χ0v) is 19.2. The van der Waals surface area contributed by atoms with Gasteiger partial charge in [-0.3, -0.25) is 9.59 Å². The number of hydrogen-bond donors (Lipinski definition) is 1. The van der Waals surface area contributed by atoms with Gasteiger partial charge < -0.3 is 10.2 Å². The molecule has 0 aliphatic heterocycles. The summed E-state index contributed by atoms with van der Waals surface area (Å²) in [5, 5.41) is 2.98. The lowest BCUT2D eigenvalue weighted by Gasteiger charge is -2.31. The van der Waals surface area contributed by atoms with Crippen LogP contribution in [-0.4, -0.2) is 41.1 Å². The molecule has 0 aliphatic carbocycles. The maximum Gasteiger partial charge on any atom is 0.242 e. The van der Waals surface area contributed by atoms with Gasteiger partial charge in [-0.25, -0.2) is 0 Å². The van der Waals surface area contributed by atoms with E-state index >= 15 is 0 Å². The third-order valence-electron chi connectivity index (χ3n) is 4.87. The highest BCUT2D eigenvalue weighted by Gasteiger charge is 2.28. The SMILES string of the molecule is CC[C@H](C(=O)NC(C)C)N(CCc1ccccc1)C(=O)CCSCc1ccccc1. The van der Waals surface area contributed by atoms with E-state index in [2.05, 4.69) is 29.6 Å². The van der Waals surface area contributed by atoms with Crippen LogP contribution in [0.1, 0.15) is 44.7 Å². The fourth-order valence-electron chi connectivity index (χ4n) is 3.34. The molecule has 1 atom stereocenters. The first-order valence-corrected chi connectivity index (χ1v) is 11.9. The number of carbonyl (C=O) groups is 2. The van der Waals surface area contributed by atoms with E-state index in [9.17, 15) is 9.59 Å². The van der Waals surface area contributed by atoms with Crippen LogP contribution < -0.4 is 5.32 Å². The van der Waals surface area contributed by atoms with Crippen molar-refractivity contribution in [2.45, 2.75) is 57.9 Å². The van der Waals surface area contributed by atoms with Gasteiger partial charge in [0.05, 0.1) is 0 Å². The van der Waals surface area contributed by atoms with Gasteiger partial charge in [-0.15, -0.1) is 0 Å². The normalized spacial score (nSPS) is 11.9. The molecule has 2 amide bonds. The van der Waals surface area contributed by atoms with E-state index in [-0.39, 0.29) is 17.9 Å². The van der Waals surface area contributed by atoms with Crippen LogP contribution in [0, 0.1) is 0 Å². The summed E-state index contributed by atoms with van der Waals surface area (Å²) in [6.07, 6.45) is 1.79. The van der Waals surface area contributed by atoms with Crippen molar-refractivity contribution in [3.05, 3.63) is 71.8 Å². The lowest BCUT2D eigenvalue weighted by Crippen LogP contribution is -2.51. The molecular formula is C25H34N2O2S. The zero-order chi connectivity index (χ0) is 21.8. The van der Waals surface area contributed by atoms with E-state index < -0.39 is 6.04 Å². The van der Waals surface area contributed by atoms with Crippen LogP contribution in [0.15, 0.2) is 60.7 Å². The van der Waals surface area contributed by atoms with E-state index in [1.54, 1.807) is 16.7 Å². The summed E-state index contributed by atoms with van der Waals surface area (Å²) in [5.41, 5.74) is 2.44. The molecule has 4 nitrogen and oxygen atoms in total. The second-order valence-corrected chi connectivity index (χ2v) is 8.80. The van der Waals surface area contributed by atoms with Crippen LogP contribution in [0.2, 0.25) is 0 Å². The molecule has 1 N–H and O–H groups in total. The van der Waals surface area contributed by atoms with Crippen molar-refractivity contribution in [1.29, 1.82) is 0 Å². The molecule has 30 heavy (non-hydrogen) atoms. The Labute approximate surface area is 185 Å². The summed E-state index contributed by atoms with van der Waals surface area (Å²) < 4.78 is 0. The Hall–Kier alpha value is -2.27. The number of benzene rings is 2. The van der Waals surface area contributed by atoms with Crippen LogP contribution in [0.25, 0.3) is 0 Å². The Bertz CT molecular complexity index is 765. The van der Waals surface area contributed by atoms with Gasteiger partial charge in [-0.1, -0.05) is 67.6 Å². The minimum absolute atomic E-state index is 0.0530. The first-order chi connectivity index (χ1) is 14.5. The van der Waals surface area contributed by atoms with Crippen molar-refractivity contribution in [3.8, 4) is 0 Å². The van der Waals surface area contributed by atoms with Crippen LogP contribution >= 0.6 is 11.8 Å². The summed E-state index contributed by atoms with van der Waals surface area (Å²) in [5.74, 6) is 1.63. The fraction of sp³-hybridized carbons (Fsp3) is 0.440. The van der Waals surface area contributed by atoms with Crippen molar-refractivity contribution in [2.24, 2.45) is 0 Å². The molecule has 2 rings (SSSR count). The van der Waals surface area contributed by atoms with Crippen LogP contribution in [0.5, 0.6) is 0 Å². The van der Waals surface area contributed by atoms with Crippen molar-refractivity contribution >= 4 is 23.6 Å². The first-order valence-electron chi connectivity index (χ1n) is 10.8. The largest absolute Gasteiger partial charge is 0.352 e. The zero-order valence-electron chi connectivity index (χ0n) is 18.3. The van der Waals surface area contributed by atoms with Gasteiger partial charge in [0.2, 0.25) is 11.8 Å². The van der Waals surface area contributed by atoms with E-state index in [0.717, 1.165) is 17.9 Å². The van der Waals surface area contributed by atoms with E-state index in [4.69, 9.17) is 0 Å². The molecule has 5 heteroatoms. The van der Waals surface area contributed by atoms with Gasteiger partial charge >= 0.3 is 0 Å². The third-order valence-corrected chi connectivity index (χ3v) is 5.90. The minimum Gasteiger partial charge on any atom is -0.352 e. The molecule has 0 aromatic heterocycles. The molecule has 0 fully saturated rings. The van der Waals surface area contributed by atoms with Gasteiger partial charge in [-0.05, 0) is 37.8 Å². The van der Waals surface area contributed by atoms with E-state index in [0.29, 0.717) is 19.4 Å². The molecule has 0 saturated heterocycles. The Morgan fingerprint density at radius 3 is 2.13 bits per heavy atom. The van der Waals surface area contributed by atoms with Gasteiger partial charge in [0.25, 0.3) is 0 Å². The molecule has 162 valence electrons. The second-order valence-electron chi connectivity index (χ2n) is 7.70.